The number of nitrogens with zero attached hydrogens (tertiary/aromatic N) is 1. The first-order chi connectivity index (χ1) is 5.38. The maximum atomic E-state index is 8.51. The lowest BCUT2D eigenvalue weighted by atomic mass is 10.8. The van der Waals surface area contributed by atoms with Crippen molar-refractivity contribution in [3.63, 3.8) is 0 Å². The van der Waals surface area contributed by atoms with Crippen molar-refractivity contribution in [3.05, 3.63) is 0 Å². The Morgan fingerprint density at radius 2 is 2.18 bits per heavy atom. The molecule has 1 aliphatic heterocycles. The van der Waals surface area contributed by atoms with Crippen LogP contribution < -0.4 is 0 Å². The molecule has 0 spiro atoms. The van der Waals surface area contributed by atoms with E-state index in [-0.39, 0.29) is 6.61 Å². The molecule has 1 atom stereocenters. The van der Waals surface area contributed by atoms with Crippen molar-refractivity contribution in [1.82, 2.24) is 4.57 Å². The summed E-state index contributed by atoms with van der Waals surface area (Å²) in [5.74, 6) is 0. The first-order valence-electron chi connectivity index (χ1n) is 3.96. The van der Waals surface area contributed by atoms with E-state index < -0.39 is 9.45 Å². The molecule has 1 saturated heterocycles. The molecule has 0 amide bonds. The molecule has 0 bridgehead atoms. The van der Waals surface area contributed by atoms with Gasteiger partial charge in [-0.05, 0) is 6.92 Å². The predicted octanol–water partition coefficient (Wildman–Crippen LogP) is -0.935. The zero-order valence-electron chi connectivity index (χ0n) is 6.82. The Bertz CT molecular complexity index is 110. The van der Waals surface area contributed by atoms with Gasteiger partial charge in [0.05, 0.1) is 13.2 Å². The highest BCUT2D eigenvalue weighted by Gasteiger charge is 2.31. The smallest absolute Gasteiger partial charge is 0.394 e. The lowest BCUT2D eigenvalue weighted by Gasteiger charge is -2.14. The molecule has 1 N–H and O–H groups in total. The zero-order valence-corrected chi connectivity index (χ0v) is 7.98. The van der Waals surface area contributed by atoms with E-state index in [4.69, 9.17) is 14.0 Å². The van der Waals surface area contributed by atoms with Crippen LogP contribution in [0, 0.1) is 0 Å². The van der Waals surface area contributed by atoms with Crippen LogP contribution in [0.3, 0.4) is 0 Å². The number of hydrogen-bond acceptors (Lipinski definition) is 4. The molecule has 1 fully saturated rings. The first-order valence-corrected chi connectivity index (χ1v) is 5.42. The molecule has 0 saturated carbocycles. The number of rotatable bonds is 6. The zero-order chi connectivity index (χ0) is 8.10. The van der Waals surface area contributed by atoms with Crippen molar-refractivity contribution in [2.24, 2.45) is 0 Å². The van der Waals surface area contributed by atoms with Gasteiger partial charge in [-0.25, -0.2) is 0 Å². The monoisotopic (exact) mass is 177 g/mol. The fraction of sp³-hybridized carbons (Fsp3) is 1.00. The van der Waals surface area contributed by atoms with Gasteiger partial charge in [-0.1, -0.05) is 0 Å². The second-order valence-corrected chi connectivity index (χ2v) is 4.40. The summed E-state index contributed by atoms with van der Waals surface area (Å²) in [6, 6.07) is 0. The van der Waals surface area contributed by atoms with Crippen LogP contribution in [0.5, 0.6) is 0 Å². The van der Waals surface area contributed by atoms with Crippen LogP contribution in [0.2, 0.25) is 0 Å². The largest absolute Gasteiger partial charge is 0.411 e. The van der Waals surface area contributed by atoms with Crippen molar-refractivity contribution >= 4 is 9.45 Å². The summed E-state index contributed by atoms with van der Waals surface area (Å²) in [7, 11) is -1.54. The van der Waals surface area contributed by atoms with Gasteiger partial charge in [0.25, 0.3) is 0 Å². The maximum absolute atomic E-state index is 8.51. The highest BCUT2D eigenvalue weighted by atomic mass is 28.3. The molecule has 4 nitrogen and oxygen atoms in total. The highest BCUT2D eigenvalue weighted by molar-refractivity contribution is 6.41. The number of hydrogen-bond donors (Lipinski definition) is 1. The predicted molar refractivity (Wildman–Crippen MR) is 43.4 cm³/mol. The minimum atomic E-state index is -1.54. The third-order valence-corrected chi connectivity index (χ3v) is 3.69. The molecule has 1 rings (SSSR count). The molecular weight excluding hydrogens is 162 g/mol. The molecular formula is C6H15NO3Si. The molecule has 1 heterocycles. The van der Waals surface area contributed by atoms with Gasteiger partial charge in [-0.15, -0.1) is 0 Å². The Labute approximate surface area is 68.6 Å². The lowest BCUT2D eigenvalue weighted by molar-refractivity contribution is 0.141. The third kappa shape index (κ3) is 3.30. The van der Waals surface area contributed by atoms with E-state index in [0.717, 1.165) is 13.1 Å². The molecule has 1 unspecified atom stereocenters. The Kier molecular flexibility index (Phi) is 4.02. The average Bonchev–Trinajstić information content (AvgIpc) is 2.80. The fourth-order valence-electron chi connectivity index (χ4n) is 0.824. The molecule has 0 aromatic rings. The minimum Gasteiger partial charge on any atom is -0.394 e. The molecule has 11 heavy (non-hydrogen) atoms. The summed E-state index contributed by atoms with van der Waals surface area (Å²) < 4.78 is 12.9. The van der Waals surface area contributed by atoms with Crippen LogP contribution >= 0.6 is 0 Å². The first kappa shape index (κ1) is 9.15. The summed E-state index contributed by atoms with van der Waals surface area (Å²) in [4.78, 5) is 0. The SMILES string of the molecule is CCO[SiH](OCCO)N1CC1. The van der Waals surface area contributed by atoms with Crippen molar-refractivity contribution in [2.75, 3.05) is 32.9 Å². The summed E-state index contributed by atoms with van der Waals surface area (Å²) in [5, 5.41) is 8.51. The Morgan fingerprint density at radius 1 is 1.45 bits per heavy atom. The van der Waals surface area contributed by atoms with Crippen LogP contribution in [0.25, 0.3) is 0 Å². The van der Waals surface area contributed by atoms with E-state index in [1.807, 2.05) is 6.92 Å². The summed E-state index contributed by atoms with van der Waals surface area (Å²) in [6.07, 6.45) is 0. The van der Waals surface area contributed by atoms with E-state index in [1.54, 1.807) is 0 Å². The highest BCUT2D eigenvalue weighted by Crippen LogP contribution is 2.08. The van der Waals surface area contributed by atoms with Crippen LogP contribution in [-0.4, -0.2) is 52.0 Å². The van der Waals surface area contributed by atoms with Gasteiger partial charge >= 0.3 is 9.45 Å². The van der Waals surface area contributed by atoms with Gasteiger partial charge in [0.15, 0.2) is 0 Å². The van der Waals surface area contributed by atoms with Crippen LogP contribution in [0.1, 0.15) is 6.92 Å². The standard InChI is InChI=1S/C6H15NO3Si/c1-2-9-11(7-3-4-7)10-6-5-8/h8,11H,2-6H2,1H3. The van der Waals surface area contributed by atoms with E-state index in [1.165, 1.54) is 0 Å². The molecule has 0 radical (unpaired) electrons. The van der Waals surface area contributed by atoms with Crippen molar-refractivity contribution in [3.8, 4) is 0 Å². The van der Waals surface area contributed by atoms with E-state index in [0.29, 0.717) is 13.2 Å². The average molecular weight is 177 g/mol. The molecule has 0 aliphatic carbocycles. The molecule has 5 heteroatoms. The van der Waals surface area contributed by atoms with Crippen LogP contribution in [0.15, 0.2) is 0 Å². The number of aliphatic hydroxyl groups is 1. The van der Waals surface area contributed by atoms with Crippen molar-refractivity contribution < 1.29 is 14.0 Å². The van der Waals surface area contributed by atoms with Gasteiger partial charge in [0.1, 0.15) is 0 Å². The minimum absolute atomic E-state index is 0.0877. The van der Waals surface area contributed by atoms with Gasteiger partial charge in [-0.2, -0.15) is 0 Å². The van der Waals surface area contributed by atoms with Crippen molar-refractivity contribution in [1.29, 1.82) is 0 Å². The van der Waals surface area contributed by atoms with Crippen LogP contribution in [0.4, 0.5) is 0 Å². The van der Waals surface area contributed by atoms with Gasteiger partial charge in [0, 0.05) is 19.7 Å². The van der Waals surface area contributed by atoms with E-state index in [2.05, 4.69) is 4.57 Å². The summed E-state index contributed by atoms with van der Waals surface area (Å²) >= 11 is 0. The normalized spacial score (nSPS) is 20.2. The Hall–Kier alpha value is 0.0569. The molecule has 0 aromatic carbocycles. The Balaban J connectivity index is 2.10. The van der Waals surface area contributed by atoms with E-state index in [9.17, 15) is 0 Å². The lowest BCUT2D eigenvalue weighted by Crippen LogP contribution is -2.33. The molecule has 0 aromatic heterocycles. The second kappa shape index (κ2) is 4.84. The van der Waals surface area contributed by atoms with Crippen LogP contribution in [-0.2, 0) is 8.85 Å². The Morgan fingerprint density at radius 3 is 2.64 bits per heavy atom. The fourth-order valence-corrected chi connectivity index (χ4v) is 2.47. The molecule has 66 valence electrons. The summed E-state index contributed by atoms with van der Waals surface area (Å²) in [5.41, 5.74) is 0. The maximum Gasteiger partial charge on any atom is 0.411 e. The third-order valence-electron chi connectivity index (χ3n) is 1.44. The van der Waals surface area contributed by atoms with Gasteiger partial charge in [0.2, 0.25) is 0 Å². The topological polar surface area (TPSA) is 41.7 Å². The second-order valence-electron chi connectivity index (χ2n) is 2.39. The van der Waals surface area contributed by atoms with Crippen molar-refractivity contribution in [2.45, 2.75) is 6.92 Å². The van der Waals surface area contributed by atoms with E-state index >= 15 is 0 Å². The van der Waals surface area contributed by atoms with Gasteiger partial charge in [-0.3, -0.25) is 4.57 Å². The molecule has 1 aliphatic rings. The van der Waals surface area contributed by atoms with Gasteiger partial charge < -0.3 is 14.0 Å². The summed E-state index contributed by atoms with van der Waals surface area (Å²) in [6.45, 7) is 5.37. The quantitative estimate of drug-likeness (QED) is 0.420. The number of aliphatic hydroxyl groups excluding tert-OH is 1.